The summed E-state index contributed by atoms with van der Waals surface area (Å²) in [5.74, 6) is 0.00795. The molecule has 5 heteroatoms. The van der Waals surface area contributed by atoms with Crippen LogP contribution in [0.1, 0.15) is 15.9 Å². The van der Waals surface area contributed by atoms with Crippen molar-refractivity contribution in [3.63, 3.8) is 0 Å². The number of rotatable bonds is 4. The molecule has 0 aliphatic carbocycles. The third-order valence-electron chi connectivity index (χ3n) is 4.50. The van der Waals surface area contributed by atoms with Gasteiger partial charge in [-0.1, -0.05) is 52.3 Å². The van der Waals surface area contributed by atoms with E-state index in [4.69, 9.17) is 0 Å². The van der Waals surface area contributed by atoms with Crippen molar-refractivity contribution in [2.45, 2.75) is 0 Å². The zero-order valence-electron chi connectivity index (χ0n) is 15.3. The van der Waals surface area contributed by atoms with Crippen LogP contribution < -0.4 is 5.32 Å². The Morgan fingerprint density at radius 1 is 0.931 bits per heavy atom. The van der Waals surface area contributed by atoms with E-state index in [0.29, 0.717) is 16.8 Å². The van der Waals surface area contributed by atoms with Gasteiger partial charge in [0.1, 0.15) is 5.75 Å². The maximum absolute atomic E-state index is 12.3. The van der Waals surface area contributed by atoms with Gasteiger partial charge in [-0.3, -0.25) is 9.79 Å². The lowest BCUT2D eigenvalue weighted by Gasteiger charge is -2.06. The van der Waals surface area contributed by atoms with Crippen molar-refractivity contribution in [3.05, 3.63) is 101 Å². The molecule has 4 rings (SSSR count). The Balaban J connectivity index is 1.52. The summed E-state index contributed by atoms with van der Waals surface area (Å²) in [5, 5.41) is 15.1. The zero-order chi connectivity index (χ0) is 20.2. The van der Waals surface area contributed by atoms with Crippen LogP contribution in [0.15, 0.2) is 94.4 Å². The Labute approximate surface area is 176 Å². The summed E-state index contributed by atoms with van der Waals surface area (Å²) >= 11 is 3.37. The second-order valence-electron chi connectivity index (χ2n) is 6.49. The van der Waals surface area contributed by atoms with Gasteiger partial charge < -0.3 is 10.4 Å². The quantitative estimate of drug-likeness (QED) is 0.362. The van der Waals surface area contributed by atoms with Crippen LogP contribution in [-0.2, 0) is 0 Å². The van der Waals surface area contributed by atoms with Crippen LogP contribution in [0.2, 0.25) is 0 Å². The summed E-state index contributed by atoms with van der Waals surface area (Å²) in [6.45, 7) is 0. The van der Waals surface area contributed by atoms with Crippen LogP contribution in [0.5, 0.6) is 5.75 Å². The van der Waals surface area contributed by atoms with Gasteiger partial charge in [0.05, 0.1) is 5.69 Å². The maximum Gasteiger partial charge on any atom is 0.255 e. The molecule has 0 saturated heterocycles. The second kappa shape index (κ2) is 8.29. The van der Waals surface area contributed by atoms with E-state index >= 15 is 0 Å². The molecule has 0 aliphatic heterocycles. The SMILES string of the molecule is O=C(Nc1ccc(N=Cc2c(O)ccc3ccccc23)cc1)c1cccc(Br)c1. The minimum Gasteiger partial charge on any atom is -0.507 e. The van der Waals surface area contributed by atoms with E-state index in [1.165, 1.54) is 0 Å². The number of anilines is 1. The fraction of sp³-hybridized carbons (Fsp3) is 0. The van der Waals surface area contributed by atoms with E-state index in [9.17, 15) is 9.90 Å². The minimum atomic E-state index is -0.178. The number of phenolic OH excluding ortho intramolecular Hbond substituents is 1. The molecular formula is C24H17BrN2O2. The standard InChI is InChI=1S/C24H17BrN2O2/c25-18-6-3-5-17(14-18)24(29)27-20-11-9-19(10-12-20)26-15-22-21-7-2-1-4-16(21)8-13-23(22)28/h1-15,28H,(H,27,29). The van der Waals surface area contributed by atoms with Gasteiger partial charge in [0.2, 0.25) is 0 Å². The fourth-order valence-corrected chi connectivity index (χ4v) is 3.42. The highest BCUT2D eigenvalue weighted by atomic mass is 79.9. The maximum atomic E-state index is 12.3. The Hall–Kier alpha value is -3.44. The van der Waals surface area contributed by atoms with E-state index in [2.05, 4.69) is 26.2 Å². The van der Waals surface area contributed by atoms with Crippen LogP contribution in [0.4, 0.5) is 11.4 Å². The molecular weight excluding hydrogens is 428 g/mol. The molecule has 0 heterocycles. The summed E-state index contributed by atoms with van der Waals surface area (Å²) in [7, 11) is 0. The van der Waals surface area contributed by atoms with Crippen molar-refractivity contribution in [2.75, 3.05) is 5.32 Å². The molecule has 0 aromatic heterocycles. The van der Waals surface area contributed by atoms with Crippen molar-refractivity contribution in [1.82, 2.24) is 0 Å². The van der Waals surface area contributed by atoms with E-state index < -0.39 is 0 Å². The number of phenols is 1. The van der Waals surface area contributed by atoms with Gasteiger partial charge in [-0.05, 0) is 59.3 Å². The van der Waals surface area contributed by atoms with E-state index in [1.807, 2.05) is 54.6 Å². The number of aromatic hydroxyl groups is 1. The third-order valence-corrected chi connectivity index (χ3v) is 5.00. The average molecular weight is 445 g/mol. The molecule has 142 valence electrons. The molecule has 0 spiro atoms. The molecule has 0 bridgehead atoms. The minimum absolute atomic E-state index is 0.178. The van der Waals surface area contributed by atoms with Crippen LogP contribution in [0.3, 0.4) is 0 Å². The van der Waals surface area contributed by atoms with Crippen molar-refractivity contribution in [2.24, 2.45) is 4.99 Å². The molecule has 4 aromatic carbocycles. The highest BCUT2D eigenvalue weighted by Crippen LogP contribution is 2.26. The number of carbonyl (C=O) groups is 1. The largest absolute Gasteiger partial charge is 0.507 e. The predicted molar refractivity (Wildman–Crippen MR) is 121 cm³/mol. The molecule has 4 aromatic rings. The van der Waals surface area contributed by atoms with Crippen LogP contribution >= 0.6 is 15.9 Å². The predicted octanol–water partition coefficient (Wildman–Crippen LogP) is 6.31. The second-order valence-corrected chi connectivity index (χ2v) is 7.40. The first kappa shape index (κ1) is 18.9. The molecule has 1 amide bonds. The number of benzene rings is 4. The summed E-state index contributed by atoms with van der Waals surface area (Å²) < 4.78 is 0.853. The highest BCUT2D eigenvalue weighted by Gasteiger charge is 2.07. The summed E-state index contributed by atoms with van der Waals surface area (Å²) in [4.78, 5) is 16.8. The Morgan fingerprint density at radius 2 is 1.72 bits per heavy atom. The number of amides is 1. The first-order valence-electron chi connectivity index (χ1n) is 9.02. The first-order valence-corrected chi connectivity index (χ1v) is 9.81. The van der Waals surface area contributed by atoms with Gasteiger partial charge in [-0.25, -0.2) is 0 Å². The lowest BCUT2D eigenvalue weighted by atomic mass is 10.0. The molecule has 0 aliphatic rings. The third kappa shape index (κ3) is 4.36. The summed E-state index contributed by atoms with van der Waals surface area (Å²) in [6, 6.07) is 25.8. The monoisotopic (exact) mass is 444 g/mol. The molecule has 4 nitrogen and oxygen atoms in total. The molecule has 0 atom stereocenters. The molecule has 0 saturated carbocycles. The average Bonchev–Trinajstić information content (AvgIpc) is 2.74. The smallest absolute Gasteiger partial charge is 0.255 e. The van der Waals surface area contributed by atoms with Crippen molar-refractivity contribution in [1.29, 1.82) is 0 Å². The highest BCUT2D eigenvalue weighted by molar-refractivity contribution is 9.10. The van der Waals surface area contributed by atoms with E-state index in [1.54, 1.807) is 36.5 Å². The fourth-order valence-electron chi connectivity index (χ4n) is 3.02. The van der Waals surface area contributed by atoms with Crippen molar-refractivity contribution < 1.29 is 9.90 Å². The van der Waals surface area contributed by atoms with Gasteiger partial charge in [-0.2, -0.15) is 0 Å². The molecule has 0 radical (unpaired) electrons. The van der Waals surface area contributed by atoms with E-state index in [-0.39, 0.29) is 11.7 Å². The summed E-state index contributed by atoms with van der Waals surface area (Å²) in [6.07, 6.45) is 1.66. The van der Waals surface area contributed by atoms with Gasteiger partial charge in [-0.15, -0.1) is 0 Å². The summed E-state index contributed by atoms with van der Waals surface area (Å²) in [5.41, 5.74) is 2.66. The van der Waals surface area contributed by atoms with Crippen LogP contribution in [0.25, 0.3) is 10.8 Å². The van der Waals surface area contributed by atoms with E-state index in [0.717, 1.165) is 20.9 Å². The molecule has 2 N–H and O–H groups in total. The normalized spacial score (nSPS) is 11.1. The number of hydrogen-bond donors (Lipinski definition) is 2. The van der Waals surface area contributed by atoms with Gasteiger partial charge in [0, 0.05) is 27.5 Å². The molecule has 0 fully saturated rings. The Morgan fingerprint density at radius 3 is 2.52 bits per heavy atom. The number of aliphatic imine (C=N–C) groups is 1. The number of carbonyl (C=O) groups excluding carboxylic acids is 1. The van der Waals surface area contributed by atoms with Gasteiger partial charge in [0.25, 0.3) is 5.91 Å². The number of nitrogens with one attached hydrogen (secondary N) is 1. The van der Waals surface area contributed by atoms with Crippen LogP contribution in [0, 0.1) is 0 Å². The topological polar surface area (TPSA) is 61.7 Å². The number of fused-ring (bicyclic) bond motifs is 1. The van der Waals surface area contributed by atoms with Crippen molar-refractivity contribution in [3.8, 4) is 5.75 Å². The van der Waals surface area contributed by atoms with Crippen LogP contribution in [-0.4, -0.2) is 17.2 Å². The lowest BCUT2D eigenvalue weighted by molar-refractivity contribution is 0.102. The first-order chi connectivity index (χ1) is 14.1. The Bertz CT molecular complexity index is 1220. The lowest BCUT2D eigenvalue weighted by Crippen LogP contribution is -2.11. The Kier molecular flexibility index (Phi) is 5.40. The number of nitrogens with zero attached hydrogens (tertiary/aromatic N) is 1. The van der Waals surface area contributed by atoms with Crippen molar-refractivity contribution >= 4 is 50.2 Å². The van der Waals surface area contributed by atoms with Gasteiger partial charge in [0.15, 0.2) is 0 Å². The number of hydrogen-bond acceptors (Lipinski definition) is 3. The zero-order valence-corrected chi connectivity index (χ0v) is 16.9. The molecule has 0 unspecified atom stereocenters. The number of halogens is 1. The van der Waals surface area contributed by atoms with Gasteiger partial charge >= 0.3 is 0 Å². The molecule has 29 heavy (non-hydrogen) atoms.